The largest absolute Gasteiger partial charge is 0.494 e. The Labute approximate surface area is 238 Å². The Morgan fingerprint density at radius 2 is 1.55 bits per heavy atom. The minimum absolute atomic E-state index is 0.0190. The second-order valence-corrected chi connectivity index (χ2v) is 9.99. The van der Waals surface area contributed by atoms with Crippen molar-refractivity contribution in [2.75, 3.05) is 17.7 Å². The number of aryl methyl sites for hydroxylation is 1. The van der Waals surface area contributed by atoms with Crippen LogP contribution in [0.2, 0.25) is 0 Å². The Morgan fingerprint density at radius 3 is 2.23 bits per heavy atom. The van der Waals surface area contributed by atoms with Crippen molar-refractivity contribution in [3.63, 3.8) is 0 Å². The van der Waals surface area contributed by atoms with Crippen molar-refractivity contribution < 1.29 is 19.1 Å². The lowest BCUT2D eigenvalue weighted by Crippen LogP contribution is -2.30. The van der Waals surface area contributed by atoms with Crippen molar-refractivity contribution in [1.82, 2.24) is 5.32 Å². The van der Waals surface area contributed by atoms with E-state index in [2.05, 4.69) is 10.6 Å². The van der Waals surface area contributed by atoms with Crippen molar-refractivity contribution in [2.24, 2.45) is 0 Å². The number of amides is 2. The predicted molar refractivity (Wildman–Crippen MR) is 161 cm³/mol. The topological polar surface area (TPSA) is 84.5 Å². The summed E-state index contributed by atoms with van der Waals surface area (Å²) in [4.78, 5) is 39.5. The number of ether oxygens (including phenoxy) is 1. The number of thioether (sulfide) groups is 1. The van der Waals surface area contributed by atoms with Crippen molar-refractivity contribution in [2.45, 2.75) is 18.7 Å². The third kappa shape index (κ3) is 8.19. The molecule has 40 heavy (non-hydrogen) atoms. The molecule has 0 unspecified atom stereocenters. The molecule has 0 fully saturated rings. The molecule has 2 N–H and O–H groups in total. The minimum atomic E-state index is -0.447. The van der Waals surface area contributed by atoms with Crippen LogP contribution >= 0.6 is 11.8 Å². The number of carbonyl (C=O) groups excluding carboxylic acids is 3. The van der Waals surface area contributed by atoms with Crippen LogP contribution in [0.4, 0.5) is 5.69 Å². The van der Waals surface area contributed by atoms with Crippen molar-refractivity contribution in [3.8, 4) is 5.75 Å². The number of nitrogens with one attached hydrogen (secondary N) is 2. The SMILES string of the molecule is CCOc1ccc(C(=O)CSc2ccc(NC(=O)/C(=C/c3cccc(C)c3)NC(=O)c3ccccc3)cc2)cc1. The minimum Gasteiger partial charge on any atom is -0.494 e. The molecule has 7 heteroatoms. The smallest absolute Gasteiger partial charge is 0.272 e. The number of hydrogen-bond acceptors (Lipinski definition) is 5. The molecule has 0 saturated heterocycles. The highest BCUT2D eigenvalue weighted by Gasteiger charge is 2.15. The molecule has 0 aliphatic carbocycles. The van der Waals surface area contributed by atoms with Gasteiger partial charge in [-0.2, -0.15) is 0 Å². The highest BCUT2D eigenvalue weighted by Crippen LogP contribution is 2.23. The number of benzene rings is 4. The Bertz CT molecular complexity index is 1500. The van der Waals surface area contributed by atoms with Crippen molar-refractivity contribution >= 4 is 41.1 Å². The highest BCUT2D eigenvalue weighted by molar-refractivity contribution is 8.00. The molecule has 0 saturated carbocycles. The van der Waals surface area contributed by atoms with Gasteiger partial charge in [0.1, 0.15) is 11.4 Å². The van der Waals surface area contributed by atoms with Gasteiger partial charge in [-0.3, -0.25) is 14.4 Å². The zero-order valence-electron chi connectivity index (χ0n) is 22.3. The van der Waals surface area contributed by atoms with E-state index in [-0.39, 0.29) is 23.1 Å². The van der Waals surface area contributed by atoms with E-state index < -0.39 is 5.91 Å². The molecular weight excluding hydrogens is 520 g/mol. The lowest BCUT2D eigenvalue weighted by molar-refractivity contribution is -0.113. The van der Waals surface area contributed by atoms with Crippen LogP contribution < -0.4 is 15.4 Å². The summed E-state index contributed by atoms with van der Waals surface area (Å²) >= 11 is 1.42. The highest BCUT2D eigenvalue weighted by atomic mass is 32.2. The summed E-state index contributed by atoms with van der Waals surface area (Å²) in [6, 6.07) is 30.8. The standard InChI is InChI=1S/C33H30N2O4S/c1-3-39-28-16-12-25(13-17-28)31(36)22-40-29-18-14-27(15-19-29)34-33(38)30(21-24-9-7-8-23(2)20-24)35-32(37)26-10-5-4-6-11-26/h4-21H,3,22H2,1-2H3,(H,34,38)(H,35,37)/b30-21-. The monoisotopic (exact) mass is 550 g/mol. The maximum atomic E-state index is 13.2. The van der Waals surface area contributed by atoms with E-state index in [1.807, 2.05) is 56.3 Å². The van der Waals surface area contributed by atoms with E-state index in [4.69, 9.17) is 4.74 Å². The second-order valence-electron chi connectivity index (χ2n) is 8.94. The number of ketones is 1. The summed E-state index contributed by atoms with van der Waals surface area (Å²) < 4.78 is 5.43. The fraction of sp³-hybridized carbons (Fsp3) is 0.121. The first-order valence-corrected chi connectivity index (χ1v) is 13.8. The molecule has 0 atom stereocenters. The van der Waals surface area contributed by atoms with Gasteiger partial charge in [-0.05, 0) is 86.2 Å². The van der Waals surface area contributed by atoms with Crippen LogP contribution in [0.3, 0.4) is 0 Å². The van der Waals surface area contributed by atoms with Crippen LogP contribution in [0, 0.1) is 6.92 Å². The first-order chi connectivity index (χ1) is 19.4. The predicted octanol–water partition coefficient (Wildman–Crippen LogP) is 6.78. The van der Waals surface area contributed by atoms with Gasteiger partial charge in [0.25, 0.3) is 11.8 Å². The van der Waals surface area contributed by atoms with Gasteiger partial charge in [-0.25, -0.2) is 0 Å². The van der Waals surface area contributed by atoms with Gasteiger partial charge in [-0.15, -0.1) is 11.8 Å². The molecule has 4 aromatic rings. The van der Waals surface area contributed by atoms with Gasteiger partial charge in [0.05, 0.1) is 12.4 Å². The quantitative estimate of drug-likeness (QED) is 0.122. The summed E-state index contributed by atoms with van der Waals surface area (Å²) in [5.41, 5.74) is 3.60. The van der Waals surface area contributed by atoms with Gasteiger partial charge in [-0.1, -0.05) is 48.0 Å². The molecule has 2 amide bonds. The molecule has 0 heterocycles. The van der Waals surface area contributed by atoms with Crippen molar-refractivity contribution in [1.29, 1.82) is 0 Å². The van der Waals surface area contributed by atoms with E-state index in [0.717, 1.165) is 21.8 Å². The van der Waals surface area contributed by atoms with Gasteiger partial charge in [0, 0.05) is 21.7 Å². The van der Waals surface area contributed by atoms with E-state index in [9.17, 15) is 14.4 Å². The Morgan fingerprint density at radius 1 is 0.825 bits per heavy atom. The summed E-state index contributed by atoms with van der Waals surface area (Å²) in [5, 5.41) is 5.61. The number of hydrogen-bond donors (Lipinski definition) is 2. The molecule has 0 spiro atoms. The zero-order chi connectivity index (χ0) is 28.3. The summed E-state index contributed by atoms with van der Waals surface area (Å²) in [6.45, 7) is 4.45. The van der Waals surface area contributed by atoms with E-state index in [1.54, 1.807) is 66.7 Å². The Balaban J connectivity index is 1.41. The fourth-order valence-corrected chi connectivity index (χ4v) is 4.63. The number of rotatable bonds is 11. The zero-order valence-corrected chi connectivity index (χ0v) is 23.2. The molecular formula is C33H30N2O4S. The average Bonchev–Trinajstić information content (AvgIpc) is 2.97. The van der Waals surface area contributed by atoms with Crippen LogP contribution in [0.5, 0.6) is 5.75 Å². The Kier molecular flexibility index (Phi) is 9.91. The Hall–Kier alpha value is -4.62. The average molecular weight is 551 g/mol. The molecule has 4 rings (SSSR count). The summed E-state index contributed by atoms with van der Waals surface area (Å²) in [5.74, 6) is 0.219. The lowest BCUT2D eigenvalue weighted by Gasteiger charge is -2.12. The normalized spacial score (nSPS) is 11.0. The van der Waals surface area contributed by atoms with Crippen LogP contribution in [-0.4, -0.2) is 30.0 Å². The van der Waals surface area contributed by atoms with Crippen LogP contribution in [0.1, 0.15) is 38.8 Å². The molecule has 0 radical (unpaired) electrons. The van der Waals surface area contributed by atoms with Gasteiger partial charge in [0.15, 0.2) is 5.78 Å². The van der Waals surface area contributed by atoms with Crippen LogP contribution in [0.15, 0.2) is 114 Å². The second kappa shape index (κ2) is 14.0. The first-order valence-electron chi connectivity index (χ1n) is 12.9. The van der Waals surface area contributed by atoms with E-state index in [1.165, 1.54) is 11.8 Å². The van der Waals surface area contributed by atoms with Crippen molar-refractivity contribution in [3.05, 3.63) is 131 Å². The molecule has 0 aliphatic heterocycles. The van der Waals surface area contributed by atoms with Gasteiger partial charge >= 0.3 is 0 Å². The molecule has 0 bridgehead atoms. The maximum Gasteiger partial charge on any atom is 0.272 e. The van der Waals surface area contributed by atoms with Gasteiger partial charge < -0.3 is 15.4 Å². The van der Waals surface area contributed by atoms with E-state index >= 15 is 0 Å². The number of carbonyl (C=O) groups is 3. The molecule has 0 aromatic heterocycles. The molecule has 4 aromatic carbocycles. The maximum absolute atomic E-state index is 13.2. The molecule has 6 nitrogen and oxygen atoms in total. The third-order valence-corrected chi connectivity index (χ3v) is 6.86. The lowest BCUT2D eigenvalue weighted by atomic mass is 10.1. The molecule has 0 aliphatic rings. The van der Waals surface area contributed by atoms with Gasteiger partial charge in [0.2, 0.25) is 0 Å². The number of Topliss-reactive ketones (excluding diaryl/α,β-unsaturated/α-hetero) is 1. The first kappa shape index (κ1) is 28.4. The molecule has 202 valence electrons. The van der Waals surface area contributed by atoms with E-state index in [0.29, 0.717) is 23.4 Å². The summed E-state index contributed by atoms with van der Waals surface area (Å²) in [7, 11) is 0. The van der Waals surface area contributed by atoms with Crippen LogP contribution in [0.25, 0.3) is 6.08 Å². The van der Waals surface area contributed by atoms with Crippen LogP contribution in [-0.2, 0) is 4.79 Å². The third-order valence-electron chi connectivity index (χ3n) is 5.85. The fourth-order valence-electron chi connectivity index (χ4n) is 3.84. The number of anilines is 1. The summed E-state index contributed by atoms with van der Waals surface area (Å²) in [6.07, 6.45) is 1.65.